The molecule has 2 nitrogen and oxygen atoms in total. The van der Waals surface area contributed by atoms with Crippen LogP contribution in [-0.2, 0) is 9.47 Å². The van der Waals surface area contributed by atoms with E-state index in [-0.39, 0.29) is 6.42 Å². The van der Waals surface area contributed by atoms with Crippen molar-refractivity contribution in [3.05, 3.63) is 0 Å². The highest BCUT2D eigenvalue weighted by atomic mass is 19.4. The molecule has 0 amide bonds. The number of alkyl halides is 6. The van der Waals surface area contributed by atoms with Gasteiger partial charge in [-0.25, -0.2) is 0 Å². The Balaban J connectivity index is 4.32. The summed E-state index contributed by atoms with van der Waals surface area (Å²) in [6.45, 7) is -0.0854. The van der Waals surface area contributed by atoms with Crippen molar-refractivity contribution in [2.24, 2.45) is 0 Å². The highest BCUT2D eigenvalue weighted by Gasteiger charge is 2.38. The second kappa shape index (κ2) is 9.60. The molecule has 0 fully saturated rings. The SMILES string of the molecule is CCCCCCCCC(C)(OCC(F)(F)F)OCC(F)(F)F. The molecule has 0 spiro atoms. The van der Waals surface area contributed by atoms with E-state index in [1.807, 2.05) is 6.92 Å². The second-order valence-corrected chi connectivity index (χ2v) is 5.46. The van der Waals surface area contributed by atoms with Gasteiger partial charge in [0, 0.05) is 6.42 Å². The lowest BCUT2D eigenvalue weighted by Gasteiger charge is -2.31. The van der Waals surface area contributed by atoms with Crippen LogP contribution in [0.3, 0.4) is 0 Å². The van der Waals surface area contributed by atoms with Gasteiger partial charge in [0.1, 0.15) is 13.2 Å². The number of hydrogen-bond acceptors (Lipinski definition) is 2. The van der Waals surface area contributed by atoms with Crippen LogP contribution in [0, 0.1) is 0 Å². The Hall–Kier alpha value is -0.500. The second-order valence-electron chi connectivity index (χ2n) is 5.46. The van der Waals surface area contributed by atoms with E-state index >= 15 is 0 Å². The molecule has 0 atom stereocenters. The molecule has 0 aliphatic carbocycles. The van der Waals surface area contributed by atoms with Crippen LogP contribution in [0.4, 0.5) is 26.3 Å². The third kappa shape index (κ3) is 13.2. The van der Waals surface area contributed by atoms with Crippen LogP contribution >= 0.6 is 0 Å². The van der Waals surface area contributed by atoms with Crippen LogP contribution in [0.1, 0.15) is 58.8 Å². The zero-order valence-electron chi connectivity index (χ0n) is 12.9. The molecule has 134 valence electrons. The molecule has 0 aliphatic rings. The molecular formula is C14H24F6O2. The minimum atomic E-state index is -4.61. The highest BCUT2D eigenvalue weighted by molar-refractivity contribution is 4.67. The van der Waals surface area contributed by atoms with Gasteiger partial charge in [0.25, 0.3) is 0 Å². The first kappa shape index (κ1) is 21.5. The molecule has 0 bridgehead atoms. The first-order valence-corrected chi connectivity index (χ1v) is 7.39. The van der Waals surface area contributed by atoms with Crippen LogP contribution in [0.25, 0.3) is 0 Å². The minimum Gasteiger partial charge on any atom is -0.341 e. The Bertz CT molecular complexity index is 270. The van der Waals surface area contributed by atoms with Gasteiger partial charge in [0.05, 0.1) is 0 Å². The zero-order chi connectivity index (χ0) is 17.3. The predicted octanol–water partition coefficient (Wildman–Crippen LogP) is 5.61. The maximum atomic E-state index is 12.2. The number of rotatable bonds is 11. The summed E-state index contributed by atoms with van der Waals surface area (Å²) >= 11 is 0. The summed E-state index contributed by atoms with van der Waals surface area (Å²) in [5.74, 6) is -1.88. The highest BCUT2D eigenvalue weighted by Crippen LogP contribution is 2.28. The fraction of sp³-hybridized carbons (Fsp3) is 1.00. The van der Waals surface area contributed by atoms with Crippen LogP contribution < -0.4 is 0 Å². The Morgan fingerprint density at radius 1 is 0.682 bits per heavy atom. The molecule has 22 heavy (non-hydrogen) atoms. The molecule has 8 heteroatoms. The maximum absolute atomic E-state index is 12.2. The third-order valence-electron chi connectivity index (χ3n) is 3.07. The van der Waals surface area contributed by atoms with Gasteiger partial charge in [-0.3, -0.25) is 0 Å². The van der Waals surface area contributed by atoms with E-state index in [1.165, 1.54) is 0 Å². The Kier molecular flexibility index (Phi) is 9.38. The smallest absolute Gasteiger partial charge is 0.341 e. The van der Waals surface area contributed by atoms with Gasteiger partial charge in [-0.05, 0) is 13.3 Å². The maximum Gasteiger partial charge on any atom is 0.411 e. The van der Waals surface area contributed by atoms with Gasteiger partial charge in [-0.1, -0.05) is 39.0 Å². The van der Waals surface area contributed by atoms with Crippen molar-refractivity contribution in [2.45, 2.75) is 76.9 Å². The summed E-state index contributed by atoms with van der Waals surface area (Å²) in [5.41, 5.74) is 0. The summed E-state index contributed by atoms with van der Waals surface area (Å²) in [5, 5.41) is 0. The summed E-state index contributed by atoms with van der Waals surface area (Å²) in [4.78, 5) is 0. The largest absolute Gasteiger partial charge is 0.411 e. The first-order chi connectivity index (χ1) is 9.97. The summed E-state index contributed by atoms with van der Waals surface area (Å²) in [7, 11) is 0. The molecule has 0 heterocycles. The van der Waals surface area contributed by atoms with Crippen LogP contribution in [-0.4, -0.2) is 31.4 Å². The monoisotopic (exact) mass is 338 g/mol. The molecule has 0 aromatic carbocycles. The summed E-state index contributed by atoms with van der Waals surface area (Å²) in [6.07, 6.45) is -4.04. The average molecular weight is 338 g/mol. The van der Waals surface area contributed by atoms with Crippen molar-refractivity contribution >= 4 is 0 Å². The van der Waals surface area contributed by atoms with E-state index in [0.717, 1.165) is 39.0 Å². The van der Waals surface area contributed by atoms with Crippen molar-refractivity contribution in [1.29, 1.82) is 0 Å². The molecular weight excluding hydrogens is 314 g/mol. The minimum absolute atomic E-state index is 0.00865. The topological polar surface area (TPSA) is 18.5 Å². The van der Waals surface area contributed by atoms with Crippen molar-refractivity contribution in [3.63, 3.8) is 0 Å². The lowest BCUT2D eigenvalue weighted by molar-refractivity contribution is -0.305. The molecule has 0 aromatic rings. The van der Waals surface area contributed by atoms with Crippen LogP contribution in [0.15, 0.2) is 0 Å². The van der Waals surface area contributed by atoms with Gasteiger partial charge in [-0.15, -0.1) is 0 Å². The van der Waals surface area contributed by atoms with Gasteiger partial charge in [0.2, 0.25) is 0 Å². The standard InChI is InChI=1S/C14H24F6O2/c1-3-4-5-6-7-8-9-12(2,21-10-13(15,16)17)22-11-14(18,19)20/h3-11H2,1-2H3. The quantitative estimate of drug-likeness (QED) is 0.277. The van der Waals surface area contributed by atoms with Crippen molar-refractivity contribution < 1.29 is 35.8 Å². The van der Waals surface area contributed by atoms with Crippen LogP contribution in [0.5, 0.6) is 0 Å². The van der Waals surface area contributed by atoms with Gasteiger partial charge >= 0.3 is 12.4 Å². The average Bonchev–Trinajstić information content (AvgIpc) is 2.37. The number of halogens is 6. The Labute approximate surface area is 127 Å². The lowest BCUT2D eigenvalue weighted by atomic mass is 10.1. The van der Waals surface area contributed by atoms with Crippen molar-refractivity contribution in [3.8, 4) is 0 Å². The summed E-state index contributed by atoms with van der Waals surface area (Å²) < 4.78 is 82.3. The van der Waals surface area contributed by atoms with E-state index in [9.17, 15) is 26.3 Å². The molecule has 0 aliphatic heterocycles. The predicted molar refractivity (Wildman–Crippen MR) is 70.4 cm³/mol. The van der Waals surface area contributed by atoms with Gasteiger partial charge in [0.15, 0.2) is 5.79 Å². The molecule has 0 aromatic heterocycles. The van der Waals surface area contributed by atoms with Crippen molar-refractivity contribution in [1.82, 2.24) is 0 Å². The van der Waals surface area contributed by atoms with Crippen LogP contribution in [0.2, 0.25) is 0 Å². The number of ether oxygens (including phenoxy) is 2. The normalized spacial score (nSPS) is 13.6. The fourth-order valence-corrected chi connectivity index (χ4v) is 1.88. The summed E-state index contributed by atoms with van der Waals surface area (Å²) in [6, 6.07) is 0. The van der Waals surface area contributed by atoms with E-state index in [0.29, 0.717) is 6.42 Å². The van der Waals surface area contributed by atoms with E-state index in [1.54, 1.807) is 0 Å². The first-order valence-electron chi connectivity index (χ1n) is 7.39. The van der Waals surface area contributed by atoms with E-state index in [4.69, 9.17) is 0 Å². The Morgan fingerprint density at radius 3 is 1.50 bits per heavy atom. The Morgan fingerprint density at radius 2 is 1.09 bits per heavy atom. The van der Waals surface area contributed by atoms with Gasteiger partial charge < -0.3 is 9.47 Å². The van der Waals surface area contributed by atoms with E-state index < -0.39 is 31.4 Å². The fourth-order valence-electron chi connectivity index (χ4n) is 1.88. The molecule has 0 saturated heterocycles. The molecule has 0 unspecified atom stereocenters. The van der Waals surface area contributed by atoms with Crippen molar-refractivity contribution in [2.75, 3.05) is 13.2 Å². The third-order valence-corrected chi connectivity index (χ3v) is 3.07. The molecule has 0 N–H and O–H groups in total. The van der Waals surface area contributed by atoms with E-state index in [2.05, 4.69) is 9.47 Å². The number of hydrogen-bond donors (Lipinski definition) is 0. The zero-order valence-corrected chi connectivity index (χ0v) is 12.9. The molecule has 0 radical (unpaired) electrons. The lowest BCUT2D eigenvalue weighted by Crippen LogP contribution is -2.39. The van der Waals surface area contributed by atoms with Gasteiger partial charge in [-0.2, -0.15) is 26.3 Å². The number of unbranched alkanes of at least 4 members (excludes halogenated alkanes) is 5. The molecule has 0 saturated carbocycles. The molecule has 0 rings (SSSR count).